The van der Waals surface area contributed by atoms with Crippen molar-refractivity contribution in [1.29, 1.82) is 0 Å². The first kappa shape index (κ1) is 14.2. The molecule has 0 saturated heterocycles. The molecular weight excluding hydrogens is 186 g/mol. The zero-order chi connectivity index (χ0) is 11.5. The van der Waals surface area contributed by atoms with E-state index in [1.165, 1.54) is 6.42 Å². The molecule has 2 heteroatoms. The van der Waals surface area contributed by atoms with Gasteiger partial charge >= 0.3 is 0 Å². The molecule has 88 valence electrons. The molecule has 15 heavy (non-hydrogen) atoms. The highest BCUT2D eigenvalue weighted by Gasteiger charge is 1.94. The maximum absolute atomic E-state index is 8.55. The van der Waals surface area contributed by atoms with Crippen molar-refractivity contribution in [2.75, 3.05) is 13.7 Å². The zero-order valence-electron chi connectivity index (χ0n) is 10.3. The number of aliphatic hydroxyl groups is 1. The van der Waals surface area contributed by atoms with Gasteiger partial charge in [0.05, 0.1) is 0 Å². The highest BCUT2D eigenvalue weighted by Crippen LogP contribution is 2.01. The van der Waals surface area contributed by atoms with Crippen LogP contribution in [0, 0.1) is 0 Å². The standard InChI is InChI=1S/C13H25NO/c1-13(2)14(3)11-9-7-5-4-6-8-10-12-15/h6,8-9,11,13,15H,4-5,7,10,12H2,1-3H3/b8-6+,11-9+. The summed E-state index contributed by atoms with van der Waals surface area (Å²) in [6, 6.07) is 0.575. The van der Waals surface area contributed by atoms with E-state index in [0.29, 0.717) is 6.04 Å². The molecule has 0 saturated carbocycles. The van der Waals surface area contributed by atoms with Gasteiger partial charge in [0.2, 0.25) is 0 Å². The molecule has 0 amide bonds. The van der Waals surface area contributed by atoms with Crippen LogP contribution in [0.25, 0.3) is 0 Å². The second-order valence-electron chi connectivity index (χ2n) is 4.06. The summed E-state index contributed by atoms with van der Waals surface area (Å²) in [5, 5.41) is 8.55. The molecule has 0 aliphatic heterocycles. The first-order valence-corrected chi connectivity index (χ1v) is 5.83. The number of hydrogen-bond acceptors (Lipinski definition) is 2. The quantitative estimate of drug-likeness (QED) is 0.493. The van der Waals surface area contributed by atoms with E-state index in [1.807, 2.05) is 6.08 Å². The van der Waals surface area contributed by atoms with Crippen LogP contribution in [0.15, 0.2) is 24.4 Å². The van der Waals surface area contributed by atoms with E-state index in [4.69, 9.17) is 5.11 Å². The smallest absolute Gasteiger partial charge is 0.0465 e. The molecule has 0 heterocycles. The normalized spacial score (nSPS) is 12.1. The van der Waals surface area contributed by atoms with Crippen LogP contribution in [0.3, 0.4) is 0 Å². The summed E-state index contributed by atoms with van der Waals surface area (Å²) in [4.78, 5) is 2.21. The van der Waals surface area contributed by atoms with Crippen LogP contribution in [0.1, 0.15) is 39.5 Å². The summed E-state index contributed by atoms with van der Waals surface area (Å²) < 4.78 is 0. The molecule has 1 N–H and O–H groups in total. The van der Waals surface area contributed by atoms with E-state index in [1.54, 1.807) is 0 Å². The van der Waals surface area contributed by atoms with E-state index in [0.717, 1.165) is 19.3 Å². The van der Waals surface area contributed by atoms with Gasteiger partial charge in [0, 0.05) is 19.7 Å². The lowest BCUT2D eigenvalue weighted by molar-refractivity contribution is 0.302. The summed E-state index contributed by atoms with van der Waals surface area (Å²) in [7, 11) is 2.10. The maximum atomic E-state index is 8.55. The molecule has 0 rings (SSSR count). The van der Waals surface area contributed by atoms with Crippen molar-refractivity contribution in [3.05, 3.63) is 24.4 Å². The fraction of sp³-hybridized carbons (Fsp3) is 0.692. The summed E-state index contributed by atoms with van der Waals surface area (Å²) in [6.45, 7) is 4.62. The molecule has 2 nitrogen and oxygen atoms in total. The van der Waals surface area contributed by atoms with Gasteiger partial charge in [0.1, 0.15) is 0 Å². The van der Waals surface area contributed by atoms with E-state index in [9.17, 15) is 0 Å². The third kappa shape index (κ3) is 9.54. The Morgan fingerprint density at radius 3 is 2.27 bits per heavy atom. The number of nitrogens with zero attached hydrogens (tertiary/aromatic N) is 1. The molecule has 0 aromatic heterocycles. The molecule has 0 radical (unpaired) electrons. The Bertz CT molecular complexity index is 185. The Kier molecular flexibility index (Phi) is 9.29. The van der Waals surface area contributed by atoms with Gasteiger partial charge < -0.3 is 10.0 Å². The van der Waals surface area contributed by atoms with Gasteiger partial charge in [-0.3, -0.25) is 0 Å². The lowest BCUT2D eigenvalue weighted by Crippen LogP contribution is -2.19. The average Bonchev–Trinajstić information content (AvgIpc) is 2.21. The molecule has 0 spiro atoms. The van der Waals surface area contributed by atoms with Crippen molar-refractivity contribution in [1.82, 2.24) is 4.90 Å². The average molecular weight is 211 g/mol. The minimum atomic E-state index is 0.260. The van der Waals surface area contributed by atoms with Crippen molar-refractivity contribution in [3.8, 4) is 0 Å². The summed E-state index contributed by atoms with van der Waals surface area (Å²) >= 11 is 0. The largest absolute Gasteiger partial charge is 0.396 e. The predicted octanol–water partition coefficient (Wildman–Crippen LogP) is 2.95. The SMILES string of the molecule is CC(C)N(C)/C=C/CCC/C=C/CCO. The van der Waals surface area contributed by atoms with Crippen LogP contribution in [-0.4, -0.2) is 29.7 Å². The van der Waals surface area contributed by atoms with Crippen LogP contribution < -0.4 is 0 Å². The molecule has 0 aromatic rings. The van der Waals surface area contributed by atoms with Crippen LogP contribution in [0.5, 0.6) is 0 Å². The van der Waals surface area contributed by atoms with Crippen LogP contribution in [0.4, 0.5) is 0 Å². The molecule has 0 unspecified atom stereocenters. The topological polar surface area (TPSA) is 23.5 Å². The zero-order valence-corrected chi connectivity index (χ0v) is 10.3. The Balaban J connectivity index is 3.38. The highest BCUT2D eigenvalue weighted by atomic mass is 16.2. The monoisotopic (exact) mass is 211 g/mol. The Hall–Kier alpha value is -0.760. The van der Waals surface area contributed by atoms with E-state index >= 15 is 0 Å². The number of aliphatic hydroxyl groups excluding tert-OH is 1. The third-order valence-electron chi connectivity index (χ3n) is 2.36. The molecule has 0 atom stereocenters. The first-order valence-electron chi connectivity index (χ1n) is 5.83. The van der Waals surface area contributed by atoms with Crippen molar-refractivity contribution in [2.45, 2.75) is 45.6 Å². The van der Waals surface area contributed by atoms with E-state index in [-0.39, 0.29) is 6.61 Å². The Labute approximate surface area is 94.3 Å². The van der Waals surface area contributed by atoms with Crippen LogP contribution in [-0.2, 0) is 0 Å². The minimum Gasteiger partial charge on any atom is -0.396 e. The number of hydrogen-bond donors (Lipinski definition) is 1. The highest BCUT2D eigenvalue weighted by molar-refractivity contribution is 4.85. The first-order chi connectivity index (χ1) is 7.18. The second-order valence-corrected chi connectivity index (χ2v) is 4.06. The summed E-state index contributed by atoms with van der Waals surface area (Å²) in [5.74, 6) is 0. The Morgan fingerprint density at radius 2 is 1.67 bits per heavy atom. The van der Waals surface area contributed by atoms with Crippen molar-refractivity contribution >= 4 is 0 Å². The molecule has 0 fully saturated rings. The van der Waals surface area contributed by atoms with Gasteiger partial charge in [-0.25, -0.2) is 0 Å². The van der Waals surface area contributed by atoms with Crippen LogP contribution >= 0.6 is 0 Å². The van der Waals surface area contributed by atoms with Gasteiger partial charge in [-0.15, -0.1) is 0 Å². The predicted molar refractivity (Wildman–Crippen MR) is 66.7 cm³/mol. The van der Waals surface area contributed by atoms with Crippen molar-refractivity contribution < 1.29 is 5.11 Å². The third-order valence-corrected chi connectivity index (χ3v) is 2.36. The van der Waals surface area contributed by atoms with Gasteiger partial charge in [0.15, 0.2) is 0 Å². The second kappa shape index (κ2) is 9.78. The lowest BCUT2D eigenvalue weighted by atomic mass is 10.2. The minimum absolute atomic E-state index is 0.260. The molecule has 0 aliphatic rings. The van der Waals surface area contributed by atoms with Crippen molar-refractivity contribution in [2.24, 2.45) is 0 Å². The Morgan fingerprint density at radius 1 is 1.07 bits per heavy atom. The fourth-order valence-electron chi connectivity index (χ4n) is 1.08. The van der Waals surface area contributed by atoms with Crippen LogP contribution in [0.2, 0.25) is 0 Å². The molecular formula is C13H25NO. The number of unbranched alkanes of at least 4 members (excludes halogenated alkanes) is 2. The van der Waals surface area contributed by atoms with Gasteiger partial charge in [-0.05, 0) is 45.7 Å². The van der Waals surface area contributed by atoms with E-state index in [2.05, 4.69) is 44.1 Å². The fourth-order valence-corrected chi connectivity index (χ4v) is 1.08. The molecule has 0 bridgehead atoms. The molecule has 0 aliphatic carbocycles. The summed E-state index contributed by atoms with van der Waals surface area (Å²) in [5.41, 5.74) is 0. The van der Waals surface area contributed by atoms with Gasteiger partial charge in [0.25, 0.3) is 0 Å². The summed E-state index contributed by atoms with van der Waals surface area (Å²) in [6.07, 6.45) is 12.8. The van der Waals surface area contributed by atoms with Gasteiger partial charge in [-0.2, -0.15) is 0 Å². The number of allylic oxidation sites excluding steroid dienone is 2. The van der Waals surface area contributed by atoms with Gasteiger partial charge in [-0.1, -0.05) is 18.2 Å². The molecule has 0 aromatic carbocycles. The lowest BCUT2D eigenvalue weighted by Gasteiger charge is -2.18. The maximum Gasteiger partial charge on any atom is 0.0465 e. The number of rotatable bonds is 8. The van der Waals surface area contributed by atoms with E-state index < -0.39 is 0 Å². The van der Waals surface area contributed by atoms with Crippen molar-refractivity contribution in [3.63, 3.8) is 0 Å².